The van der Waals surface area contributed by atoms with Crippen LogP contribution in [0, 0.1) is 0 Å². The fourth-order valence-electron chi connectivity index (χ4n) is 6.61. The Labute approximate surface area is 221 Å². The lowest BCUT2D eigenvalue weighted by molar-refractivity contribution is 0.714. The predicted octanol–water partition coefficient (Wildman–Crippen LogP) is 9.97. The van der Waals surface area contributed by atoms with Crippen LogP contribution in [0.4, 0.5) is 0 Å². The van der Waals surface area contributed by atoms with E-state index in [1.54, 1.807) is 0 Å². The van der Waals surface area contributed by atoms with E-state index in [4.69, 9.17) is 0 Å². The Kier molecular flexibility index (Phi) is 4.39. The van der Waals surface area contributed by atoms with Crippen LogP contribution in [0.1, 0.15) is 23.6 Å². The number of hydrogen-bond acceptors (Lipinski definition) is 1. The average molecular weight is 489 g/mol. The summed E-state index contributed by atoms with van der Waals surface area (Å²) in [6, 6.07) is 47.2. The van der Waals surface area contributed by atoms with Gasteiger partial charge in [-0.15, -0.1) is 0 Å². The van der Waals surface area contributed by atoms with Crippen molar-refractivity contribution in [1.82, 2.24) is 0 Å². The predicted molar refractivity (Wildman–Crippen MR) is 156 cm³/mol. The number of rotatable bonds is 2. The molecule has 0 N–H and O–H groups in total. The summed E-state index contributed by atoms with van der Waals surface area (Å²) in [4.78, 5) is 2.68. The maximum Gasteiger partial charge on any atom is 0.0435 e. The fourth-order valence-corrected chi connectivity index (χ4v) is 7.80. The van der Waals surface area contributed by atoms with Gasteiger partial charge in [0.05, 0.1) is 0 Å². The Balaban J connectivity index is 1.41. The van der Waals surface area contributed by atoms with Gasteiger partial charge in [-0.3, -0.25) is 0 Å². The van der Waals surface area contributed by atoms with Gasteiger partial charge in [0.25, 0.3) is 0 Å². The van der Waals surface area contributed by atoms with Crippen molar-refractivity contribution in [2.45, 2.75) is 22.1 Å². The van der Waals surface area contributed by atoms with Gasteiger partial charge in [-0.25, -0.2) is 0 Å². The van der Waals surface area contributed by atoms with E-state index in [0.29, 0.717) is 0 Å². The standard InChI is InChI=1S/C36H24S/c1-36(25-12-3-2-4-13-25)30-18-7-5-15-29(30)35-26(16-10-19-31(35)36)24-21-23-11-9-17-28-27-14-6-8-20-32(27)37-33(22-24)34(23)28/h2-22H,1H3. The van der Waals surface area contributed by atoms with E-state index in [9.17, 15) is 0 Å². The summed E-state index contributed by atoms with van der Waals surface area (Å²) in [6.45, 7) is 2.39. The first-order valence-corrected chi connectivity index (χ1v) is 13.7. The van der Waals surface area contributed by atoms with Gasteiger partial charge in [-0.05, 0) is 80.6 Å². The number of hydrogen-bond donors (Lipinski definition) is 0. The third kappa shape index (κ3) is 2.86. The van der Waals surface area contributed by atoms with Crippen LogP contribution in [0.3, 0.4) is 0 Å². The SMILES string of the molecule is CC1(c2ccccc2)c2ccccc2-c2c(-c3cc4c5c(cccc5c3)-c3ccccc3S4)cccc21. The average Bonchev–Trinajstić information content (AvgIpc) is 3.23. The smallest absolute Gasteiger partial charge is 0.0435 e. The quantitative estimate of drug-likeness (QED) is 0.233. The molecule has 1 aliphatic heterocycles. The monoisotopic (exact) mass is 488 g/mol. The molecule has 1 aliphatic carbocycles. The first kappa shape index (κ1) is 21.1. The molecule has 8 rings (SSSR count). The minimum atomic E-state index is -0.185. The molecule has 2 aliphatic rings. The summed E-state index contributed by atoms with van der Waals surface area (Å²) in [5.41, 5.74) is 11.9. The minimum absolute atomic E-state index is 0.185. The van der Waals surface area contributed by atoms with Crippen molar-refractivity contribution >= 4 is 22.5 Å². The molecule has 37 heavy (non-hydrogen) atoms. The van der Waals surface area contributed by atoms with Crippen LogP contribution in [0.25, 0.3) is 44.2 Å². The van der Waals surface area contributed by atoms with Crippen LogP contribution in [-0.2, 0) is 5.41 Å². The van der Waals surface area contributed by atoms with Gasteiger partial charge < -0.3 is 0 Å². The second-order valence-corrected chi connectivity index (χ2v) is 11.3. The van der Waals surface area contributed by atoms with Gasteiger partial charge in [0.1, 0.15) is 0 Å². The molecule has 0 nitrogen and oxygen atoms in total. The zero-order chi connectivity index (χ0) is 24.6. The molecule has 0 fully saturated rings. The second kappa shape index (κ2) is 7.71. The van der Waals surface area contributed by atoms with Gasteiger partial charge in [0, 0.05) is 20.6 Å². The molecular formula is C36H24S. The second-order valence-electron chi connectivity index (χ2n) is 10.2. The lowest BCUT2D eigenvalue weighted by atomic mass is 9.74. The Morgan fingerprint density at radius 1 is 0.514 bits per heavy atom. The van der Waals surface area contributed by atoms with E-state index >= 15 is 0 Å². The molecule has 0 aromatic heterocycles. The minimum Gasteiger partial charge on any atom is -0.0888 e. The maximum atomic E-state index is 2.42. The van der Waals surface area contributed by atoms with Crippen molar-refractivity contribution in [3.63, 3.8) is 0 Å². The van der Waals surface area contributed by atoms with Crippen molar-refractivity contribution in [3.05, 3.63) is 144 Å². The molecule has 1 heterocycles. The molecule has 0 radical (unpaired) electrons. The van der Waals surface area contributed by atoms with Crippen molar-refractivity contribution < 1.29 is 0 Å². The van der Waals surface area contributed by atoms with Crippen LogP contribution >= 0.6 is 11.8 Å². The summed E-state index contributed by atoms with van der Waals surface area (Å²) in [5, 5.41) is 2.68. The molecule has 0 amide bonds. The van der Waals surface area contributed by atoms with E-state index in [-0.39, 0.29) is 5.41 Å². The van der Waals surface area contributed by atoms with Gasteiger partial charge in [0.2, 0.25) is 0 Å². The molecule has 0 saturated heterocycles. The van der Waals surface area contributed by atoms with Gasteiger partial charge in [-0.1, -0.05) is 121 Å². The van der Waals surface area contributed by atoms with E-state index in [1.165, 1.54) is 70.6 Å². The first-order valence-electron chi connectivity index (χ1n) is 12.9. The Morgan fingerprint density at radius 2 is 1.19 bits per heavy atom. The summed E-state index contributed by atoms with van der Waals surface area (Å²) < 4.78 is 0. The molecular weight excluding hydrogens is 464 g/mol. The third-order valence-corrected chi connectivity index (χ3v) is 9.46. The molecule has 6 aromatic rings. The molecule has 1 atom stereocenters. The highest BCUT2D eigenvalue weighted by atomic mass is 32.2. The van der Waals surface area contributed by atoms with Crippen molar-refractivity contribution in [3.8, 4) is 33.4 Å². The zero-order valence-electron chi connectivity index (χ0n) is 20.5. The van der Waals surface area contributed by atoms with E-state index < -0.39 is 0 Å². The van der Waals surface area contributed by atoms with Crippen LogP contribution in [0.2, 0.25) is 0 Å². The van der Waals surface area contributed by atoms with E-state index in [1.807, 2.05) is 11.8 Å². The highest BCUT2D eigenvalue weighted by Crippen LogP contribution is 2.56. The molecule has 0 bridgehead atoms. The van der Waals surface area contributed by atoms with E-state index in [2.05, 4.69) is 134 Å². The van der Waals surface area contributed by atoms with Crippen LogP contribution in [0.5, 0.6) is 0 Å². The molecule has 0 saturated carbocycles. The lowest BCUT2D eigenvalue weighted by Gasteiger charge is -2.28. The van der Waals surface area contributed by atoms with Crippen molar-refractivity contribution in [1.29, 1.82) is 0 Å². The third-order valence-electron chi connectivity index (χ3n) is 8.34. The highest BCUT2D eigenvalue weighted by molar-refractivity contribution is 7.99. The van der Waals surface area contributed by atoms with Gasteiger partial charge in [-0.2, -0.15) is 0 Å². The van der Waals surface area contributed by atoms with Crippen LogP contribution in [0.15, 0.2) is 137 Å². The topological polar surface area (TPSA) is 0 Å². The van der Waals surface area contributed by atoms with Crippen molar-refractivity contribution in [2.75, 3.05) is 0 Å². The van der Waals surface area contributed by atoms with Crippen molar-refractivity contribution in [2.24, 2.45) is 0 Å². The Morgan fingerprint density at radius 3 is 2.08 bits per heavy atom. The first-order chi connectivity index (χ1) is 18.2. The molecule has 0 spiro atoms. The van der Waals surface area contributed by atoms with Crippen LogP contribution in [-0.4, -0.2) is 0 Å². The zero-order valence-corrected chi connectivity index (χ0v) is 21.3. The summed E-state index contributed by atoms with van der Waals surface area (Å²) in [6.07, 6.45) is 0. The maximum absolute atomic E-state index is 2.42. The van der Waals surface area contributed by atoms with Gasteiger partial charge >= 0.3 is 0 Å². The highest BCUT2D eigenvalue weighted by Gasteiger charge is 2.41. The Bertz CT molecular complexity index is 1860. The van der Waals surface area contributed by atoms with Gasteiger partial charge in [0.15, 0.2) is 0 Å². The number of benzene rings is 6. The normalized spacial score (nSPS) is 16.8. The fraction of sp³-hybridized carbons (Fsp3) is 0.0556. The Hall–Kier alpha value is -4.07. The summed E-state index contributed by atoms with van der Waals surface area (Å²) >= 11 is 1.90. The molecule has 1 unspecified atom stereocenters. The van der Waals surface area contributed by atoms with E-state index in [0.717, 1.165) is 0 Å². The summed E-state index contributed by atoms with van der Waals surface area (Å²) in [7, 11) is 0. The lowest BCUT2D eigenvalue weighted by Crippen LogP contribution is -2.22. The van der Waals surface area contributed by atoms with Crippen LogP contribution < -0.4 is 0 Å². The molecule has 1 heteroatoms. The molecule has 174 valence electrons. The summed E-state index contributed by atoms with van der Waals surface area (Å²) in [5.74, 6) is 0. The molecule has 6 aromatic carbocycles. The largest absolute Gasteiger partial charge is 0.0888 e. The number of fused-ring (bicyclic) bond motifs is 5.